The second kappa shape index (κ2) is 16.8. The van der Waals surface area contributed by atoms with Crippen LogP contribution in [0.4, 0.5) is 22.1 Å². The number of fused-ring (bicyclic) bond motifs is 1. The molecular weight excluding hydrogens is 731 g/mol. The number of rotatable bonds is 12. The molecule has 2 amide bonds. The van der Waals surface area contributed by atoms with Gasteiger partial charge in [0.2, 0.25) is 11.9 Å². The van der Waals surface area contributed by atoms with Crippen LogP contribution < -0.4 is 20.3 Å². The third-order valence-electron chi connectivity index (χ3n) is 10.3. The molecule has 0 radical (unpaired) electrons. The van der Waals surface area contributed by atoms with Gasteiger partial charge in [0.15, 0.2) is 11.2 Å². The van der Waals surface area contributed by atoms with Gasteiger partial charge in [-0.2, -0.15) is 9.97 Å². The molecule has 0 saturated carbocycles. The van der Waals surface area contributed by atoms with Crippen molar-refractivity contribution in [3.8, 4) is 5.88 Å². The zero-order valence-corrected chi connectivity index (χ0v) is 32.1. The number of benzene rings is 5. The molecule has 8 rings (SSSR count). The van der Waals surface area contributed by atoms with E-state index in [2.05, 4.69) is 57.0 Å². The lowest BCUT2D eigenvalue weighted by Gasteiger charge is -2.40. The maximum Gasteiger partial charge on any atom is 0.425 e. The number of carbonyl (C=O) groups excluding carboxylic acids is 2. The summed E-state index contributed by atoms with van der Waals surface area (Å²) < 4.78 is 14.4. The molecule has 0 aliphatic carbocycles. The van der Waals surface area contributed by atoms with Gasteiger partial charge in [0, 0.05) is 18.4 Å². The Morgan fingerprint density at radius 2 is 1.29 bits per heavy atom. The molecule has 0 unspecified atom stereocenters. The van der Waals surface area contributed by atoms with Gasteiger partial charge in [0.1, 0.15) is 6.23 Å². The summed E-state index contributed by atoms with van der Waals surface area (Å²) in [7, 11) is 0. The molecule has 12 heteroatoms. The summed E-state index contributed by atoms with van der Waals surface area (Å²) in [6.07, 6.45) is -0.0987. The SMILES string of the molecule is CC(C)C(=O)Nc1nc(OC(=O)N(c2ccccc2)c2ccccc2)c2ncn([C@H]3C[C@H](NC(c4ccccc4)(c4ccccc4)c4ccccc4)[C@@H](CO)O3)c2n1. The van der Waals surface area contributed by atoms with Crippen molar-refractivity contribution >= 4 is 40.5 Å². The zero-order chi connectivity index (χ0) is 40.1. The Balaban J connectivity index is 1.18. The number of nitrogens with one attached hydrogen (secondary N) is 2. The van der Waals surface area contributed by atoms with E-state index >= 15 is 0 Å². The van der Waals surface area contributed by atoms with Gasteiger partial charge >= 0.3 is 6.09 Å². The summed E-state index contributed by atoms with van der Waals surface area (Å²) in [4.78, 5) is 42.4. The summed E-state index contributed by atoms with van der Waals surface area (Å²) >= 11 is 0. The molecule has 1 aliphatic heterocycles. The average molecular weight is 774 g/mol. The molecule has 1 aliphatic rings. The number of nitrogens with zero attached hydrogens (tertiary/aromatic N) is 5. The lowest BCUT2D eigenvalue weighted by molar-refractivity contribution is -0.118. The van der Waals surface area contributed by atoms with Crippen LogP contribution in [0.5, 0.6) is 5.88 Å². The fraction of sp³-hybridized carbons (Fsp3) is 0.196. The Labute approximate surface area is 336 Å². The molecule has 12 nitrogen and oxygen atoms in total. The highest BCUT2D eigenvalue weighted by Crippen LogP contribution is 2.41. The monoisotopic (exact) mass is 773 g/mol. The second-order valence-electron chi connectivity index (χ2n) is 14.3. The minimum Gasteiger partial charge on any atom is -0.394 e. The number of hydrogen-bond acceptors (Lipinski definition) is 9. The van der Waals surface area contributed by atoms with E-state index in [0.29, 0.717) is 17.8 Å². The highest BCUT2D eigenvalue weighted by molar-refractivity contribution is 5.98. The highest BCUT2D eigenvalue weighted by Gasteiger charge is 2.44. The summed E-state index contributed by atoms with van der Waals surface area (Å²) in [6, 6.07) is 48.5. The fourth-order valence-electron chi connectivity index (χ4n) is 7.44. The molecular formula is C46H43N7O5. The molecule has 1 saturated heterocycles. The molecule has 58 heavy (non-hydrogen) atoms. The third kappa shape index (κ3) is 7.55. The molecule has 292 valence electrons. The number of ether oxygens (including phenoxy) is 2. The quantitative estimate of drug-likeness (QED) is 0.105. The molecule has 2 aromatic heterocycles. The van der Waals surface area contributed by atoms with Crippen molar-refractivity contribution in [2.45, 2.75) is 44.2 Å². The van der Waals surface area contributed by atoms with Crippen molar-refractivity contribution in [1.29, 1.82) is 0 Å². The first-order chi connectivity index (χ1) is 28.4. The van der Waals surface area contributed by atoms with E-state index in [0.717, 1.165) is 16.7 Å². The molecule has 5 aromatic carbocycles. The van der Waals surface area contributed by atoms with E-state index in [-0.39, 0.29) is 47.5 Å². The van der Waals surface area contributed by atoms with Gasteiger partial charge in [0.25, 0.3) is 5.88 Å². The van der Waals surface area contributed by atoms with E-state index in [1.807, 2.05) is 91.0 Å². The van der Waals surface area contributed by atoms with Crippen LogP contribution in [0.15, 0.2) is 158 Å². The van der Waals surface area contributed by atoms with Crippen LogP contribution in [-0.2, 0) is 15.1 Å². The Bertz CT molecular complexity index is 2330. The van der Waals surface area contributed by atoms with E-state index in [1.165, 1.54) is 4.90 Å². The minimum atomic E-state index is -0.821. The largest absolute Gasteiger partial charge is 0.425 e. The average Bonchev–Trinajstić information content (AvgIpc) is 3.88. The lowest BCUT2D eigenvalue weighted by atomic mass is 9.76. The van der Waals surface area contributed by atoms with Crippen LogP contribution >= 0.6 is 0 Å². The van der Waals surface area contributed by atoms with Gasteiger partial charge in [-0.3, -0.25) is 20.0 Å². The maximum absolute atomic E-state index is 14.1. The second-order valence-corrected chi connectivity index (χ2v) is 14.3. The minimum absolute atomic E-state index is 0.0654. The number of amides is 2. The standard InChI is InChI=1S/C46H43N7O5/c1-31(2)42(55)49-44-48-41-40(43(50-44)58-45(56)53(35-24-14-6-15-25-35)36-26-16-7-17-27-36)47-30-52(41)39-28-37(38(29-54)57-39)51-46(32-18-8-3-9-19-32,33-20-10-4-11-21-33)34-22-12-5-13-23-34/h3-27,30-31,37-39,51,54H,28-29H2,1-2H3,(H,48,49,50,55)/t37-,38+,39+/m0/s1. The molecule has 0 bridgehead atoms. The van der Waals surface area contributed by atoms with Crippen LogP contribution in [0.2, 0.25) is 0 Å². The maximum atomic E-state index is 14.1. The molecule has 1 fully saturated rings. The Hall–Kier alpha value is -6.73. The predicted octanol–water partition coefficient (Wildman–Crippen LogP) is 7.99. The lowest BCUT2D eigenvalue weighted by Crippen LogP contribution is -2.53. The molecule has 7 aromatic rings. The van der Waals surface area contributed by atoms with Crippen molar-refractivity contribution in [3.05, 3.63) is 175 Å². The van der Waals surface area contributed by atoms with Crippen molar-refractivity contribution in [2.24, 2.45) is 5.92 Å². The molecule has 3 heterocycles. The van der Waals surface area contributed by atoms with E-state index in [9.17, 15) is 14.7 Å². The summed E-state index contributed by atoms with van der Waals surface area (Å²) in [5.74, 6) is -0.911. The molecule has 0 spiro atoms. The first-order valence-corrected chi connectivity index (χ1v) is 19.2. The van der Waals surface area contributed by atoms with Crippen molar-refractivity contribution in [1.82, 2.24) is 24.8 Å². The van der Waals surface area contributed by atoms with Crippen LogP contribution in [-0.4, -0.2) is 55.4 Å². The normalized spacial score (nSPS) is 16.7. The first-order valence-electron chi connectivity index (χ1n) is 19.2. The number of aromatic nitrogens is 4. The van der Waals surface area contributed by atoms with E-state index in [4.69, 9.17) is 14.5 Å². The summed E-state index contributed by atoms with van der Waals surface area (Å²) in [6.45, 7) is 3.24. The number of anilines is 3. The first kappa shape index (κ1) is 38.2. The van der Waals surface area contributed by atoms with Crippen molar-refractivity contribution in [2.75, 3.05) is 16.8 Å². The molecule has 3 N–H and O–H groups in total. The Morgan fingerprint density at radius 3 is 1.78 bits per heavy atom. The van der Waals surface area contributed by atoms with Gasteiger partial charge in [-0.05, 0) is 41.0 Å². The zero-order valence-electron chi connectivity index (χ0n) is 32.1. The number of aliphatic hydroxyl groups excluding tert-OH is 1. The number of aliphatic hydroxyl groups is 1. The number of imidazole rings is 1. The fourth-order valence-corrected chi connectivity index (χ4v) is 7.44. The molecule has 3 atom stereocenters. The van der Waals surface area contributed by atoms with Gasteiger partial charge in [-0.15, -0.1) is 0 Å². The van der Waals surface area contributed by atoms with Gasteiger partial charge in [-0.1, -0.05) is 141 Å². The number of carbonyl (C=O) groups is 2. The number of hydrogen-bond donors (Lipinski definition) is 3. The highest BCUT2D eigenvalue weighted by atomic mass is 16.6. The van der Waals surface area contributed by atoms with E-state index < -0.39 is 24.0 Å². The topological polar surface area (TPSA) is 144 Å². The Kier molecular flexibility index (Phi) is 11.0. The van der Waals surface area contributed by atoms with Crippen LogP contribution in [0.25, 0.3) is 11.2 Å². The van der Waals surface area contributed by atoms with E-state index in [1.54, 1.807) is 49.0 Å². The van der Waals surface area contributed by atoms with Crippen LogP contribution in [0, 0.1) is 5.92 Å². The van der Waals surface area contributed by atoms with Crippen molar-refractivity contribution in [3.63, 3.8) is 0 Å². The van der Waals surface area contributed by atoms with Gasteiger partial charge < -0.3 is 14.6 Å². The van der Waals surface area contributed by atoms with Gasteiger partial charge in [-0.25, -0.2) is 14.7 Å². The summed E-state index contributed by atoms with van der Waals surface area (Å²) in [5, 5.41) is 17.6. The third-order valence-corrected chi connectivity index (χ3v) is 10.3. The van der Waals surface area contributed by atoms with Crippen LogP contribution in [0.1, 0.15) is 43.2 Å². The predicted molar refractivity (Wildman–Crippen MR) is 222 cm³/mol. The summed E-state index contributed by atoms with van der Waals surface area (Å²) in [5.41, 5.74) is 3.84. The number of para-hydroxylation sites is 2. The van der Waals surface area contributed by atoms with Crippen LogP contribution in [0.3, 0.4) is 0 Å². The Morgan fingerprint density at radius 1 is 0.793 bits per heavy atom. The van der Waals surface area contributed by atoms with Crippen molar-refractivity contribution < 1.29 is 24.2 Å². The smallest absolute Gasteiger partial charge is 0.394 e. The van der Waals surface area contributed by atoms with Gasteiger partial charge in [0.05, 0.1) is 36.0 Å².